The zero-order valence-corrected chi connectivity index (χ0v) is 15.8. The molecular formula is C20H26O3Si. The van der Waals surface area contributed by atoms with Crippen LogP contribution in [0.3, 0.4) is 0 Å². The quantitative estimate of drug-likeness (QED) is 0.622. The molecule has 1 saturated carbocycles. The summed E-state index contributed by atoms with van der Waals surface area (Å²) in [5.74, 6) is 0.0374. The molecule has 24 heavy (non-hydrogen) atoms. The monoisotopic (exact) mass is 342 g/mol. The number of fused-ring (bicyclic) bond motifs is 1. The van der Waals surface area contributed by atoms with Gasteiger partial charge in [0.2, 0.25) is 0 Å². The van der Waals surface area contributed by atoms with Gasteiger partial charge in [-0.05, 0) is 36.5 Å². The third-order valence-electron chi connectivity index (χ3n) is 6.11. The van der Waals surface area contributed by atoms with Crippen molar-refractivity contribution in [3.63, 3.8) is 0 Å². The van der Waals surface area contributed by atoms with E-state index in [9.17, 15) is 9.59 Å². The molecule has 0 spiro atoms. The minimum absolute atomic E-state index is 0.0626. The molecule has 2 aliphatic rings. The summed E-state index contributed by atoms with van der Waals surface area (Å²) in [6.07, 6.45) is 5.95. The number of benzene rings is 1. The topological polar surface area (TPSA) is 43.4 Å². The van der Waals surface area contributed by atoms with Crippen LogP contribution >= 0.6 is 0 Å². The molecule has 0 bridgehead atoms. The van der Waals surface area contributed by atoms with Gasteiger partial charge in [-0.25, -0.2) is 0 Å². The fourth-order valence-corrected chi connectivity index (χ4v) is 8.67. The van der Waals surface area contributed by atoms with Crippen molar-refractivity contribution in [2.75, 3.05) is 7.11 Å². The van der Waals surface area contributed by atoms with Gasteiger partial charge in [-0.15, -0.1) is 0 Å². The first-order chi connectivity index (χ1) is 11.4. The second-order valence-corrected chi connectivity index (χ2v) is 12.4. The van der Waals surface area contributed by atoms with Gasteiger partial charge < -0.3 is 4.74 Å². The van der Waals surface area contributed by atoms with E-state index in [1.807, 2.05) is 6.07 Å². The summed E-state index contributed by atoms with van der Waals surface area (Å²) in [6.45, 7) is 4.59. The van der Waals surface area contributed by atoms with Crippen molar-refractivity contribution in [2.24, 2.45) is 5.41 Å². The summed E-state index contributed by atoms with van der Waals surface area (Å²) in [4.78, 5) is 25.4. The molecule has 4 heteroatoms. The van der Waals surface area contributed by atoms with E-state index in [1.54, 1.807) is 6.08 Å². The second kappa shape index (κ2) is 6.32. The molecule has 0 aliphatic heterocycles. The van der Waals surface area contributed by atoms with E-state index in [2.05, 4.69) is 37.4 Å². The van der Waals surface area contributed by atoms with E-state index in [-0.39, 0.29) is 17.3 Å². The van der Waals surface area contributed by atoms with Gasteiger partial charge in [0.05, 0.1) is 20.6 Å². The summed E-state index contributed by atoms with van der Waals surface area (Å²) in [5, 5.41) is 1.30. The maximum absolute atomic E-state index is 13.0. The molecule has 1 fully saturated rings. The lowest BCUT2D eigenvalue weighted by Gasteiger charge is -2.50. The lowest BCUT2D eigenvalue weighted by atomic mass is 9.64. The SMILES string of the molecule is COC(=O)[C@@]12CCCCC1=CC(=O)C[C@@H]2[Si](C)(C)c1ccccc1. The number of ketones is 1. The third kappa shape index (κ3) is 2.57. The lowest BCUT2D eigenvalue weighted by molar-refractivity contribution is -0.152. The molecule has 3 nitrogen and oxygen atoms in total. The number of rotatable bonds is 3. The van der Waals surface area contributed by atoms with Crippen LogP contribution in [0.1, 0.15) is 32.1 Å². The minimum Gasteiger partial charge on any atom is -0.468 e. The van der Waals surface area contributed by atoms with E-state index in [4.69, 9.17) is 4.74 Å². The van der Waals surface area contributed by atoms with Gasteiger partial charge in [0, 0.05) is 6.42 Å². The Morgan fingerprint density at radius 1 is 1.21 bits per heavy atom. The Bertz CT molecular complexity index is 677. The molecule has 0 N–H and O–H groups in total. The van der Waals surface area contributed by atoms with Gasteiger partial charge in [-0.2, -0.15) is 0 Å². The fourth-order valence-electron chi connectivity index (χ4n) is 4.83. The van der Waals surface area contributed by atoms with Crippen molar-refractivity contribution in [1.82, 2.24) is 0 Å². The summed E-state index contributed by atoms with van der Waals surface area (Å²) in [5.41, 5.74) is 0.498. The summed E-state index contributed by atoms with van der Waals surface area (Å²) >= 11 is 0. The van der Waals surface area contributed by atoms with Crippen molar-refractivity contribution < 1.29 is 14.3 Å². The Morgan fingerprint density at radius 3 is 2.58 bits per heavy atom. The van der Waals surface area contributed by atoms with Gasteiger partial charge in [-0.1, -0.05) is 55.0 Å². The van der Waals surface area contributed by atoms with E-state index in [0.717, 1.165) is 31.3 Å². The molecule has 2 atom stereocenters. The molecular weight excluding hydrogens is 316 g/mol. The van der Waals surface area contributed by atoms with E-state index < -0.39 is 13.5 Å². The van der Waals surface area contributed by atoms with Gasteiger partial charge in [0.15, 0.2) is 5.78 Å². The normalized spacial score (nSPS) is 27.2. The first kappa shape index (κ1) is 17.2. The zero-order valence-electron chi connectivity index (χ0n) is 14.8. The van der Waals surface area contributed by atoms with Crippen LogP contribution in [0.2, 0.25) is 18.6 Å². The van der Waals surface area contributed by atoms with Crippen LogP contribution in [0, 0.1) is 5.41 Å². The lowest BCUT2D eigenvalue weighted by Crippen LogP contribution is -2.57. The Kier molecular flexibility index (Phi) is 4.52. The number of carbonyl (C=O) groups is 2. The van der Waals surface area contributed by atoms with Gasteiger partial charge >= 0.3 is 5.97 Å². The molecule has 0 radical (unpaired) electrons. The smallest absolute Gasteiger partial charge is 0.315 e. The third-order valence-corrected chi connectivity index (χ3v) is 10.4. The molecule has 0 amide bonds. The Balaban J connectivity index is 2.15. The van der Waals surface area contributed by atoms with Gasteiger partial charge in [0.25, 0.3) is 0 Å². The van der Waals surface area contributed by atoms with E-state index >= 15 is 0 Å². The molecule has 1 aromatic carbocycles. The van der Waals surface area contributed by atoms with Gasteiger partial charge in [-0.3, -0.25) is 9.59 Å². The zero-order chi connectivity index (χ0) is 17.4. The fraction of sp³-hybridized carbons (Fsp3) is 0.500. The molecule has 2 aliphatic carbocycles. The van der Waals surface area contributed by atoms with Crippen LogP contribution < -0.4 is 5.19 Å². The van der Waals surface area contributed by atoms with E-state index in [0.29, 0.717) is 6.42 Å². The molecule has 3 rings (SSSR count). The van der Waals surface area contributed by atoms with Crippen LogP contribution in [0.4, 0.5) is 0 Å². The molecule has 0 saturated heterocycles. The van der Waals surface area contributed by atoms with Crippen molar-refractivity contribution in [3.8, 4) is 0 Å². The maximum atomic E-state index is 13.0. The Morgan fingerprint density at radius 2 is 1.92 bits per heavy atom. The average molecular weight is 343 g/mol. The molecule has 0 unspecified atom stereocenters. The van der Waals surface area contributed by atoms with Crippen molar-refractivity contribution in [3.05, 3.63) is 42.0 Å². The van der Waals surface area contributed by atoms with Crippen LogP contribution in [-0.4, -0.2) is 26.9 Å². The molecule has 0 aromatic heterocycles. The van der Waals surface area contributed by atoms with Crippen LogP contribution in [0.25, 0.3) is 0 Å². The summed E-state index contributed by atoms with van der Waals surface area (Å²) < 4.78 is 5.28. The van der Waals surface area contributed by atoms with Crippen LogP contribution in [-0.2, 0) is 14.3 Å². The van der Waals surface area contributed by atoms with Crippen molar-refractivity contribution in [1.29, 1.82) is 0 Å². The number of carbonyl (C=O) groups excluding carboxylic acids is 2. The number of hydrogen-bond acceptors (Lipinski definition) is 3. The second-order valence-electron chi connectivity index (χ2n) is 7.65. The number of esters is 1. The van der Waals surface area contributed by atoms with Gasteiger partial charge in [0.1, 0.15) is 0 Å². The Hall–Kier alpha value is -1.68. The van der Waals surface area contributed by atoms with E-state index in [1.165, 1.54) is 12.3 Å². The standard InChI is InChI=1S/C20H26O3Si/c1-23-19(22)20-12-8-7-9-15(20)13-16(21)14-18(20)24(2,3)17-10-5-4-6-11-17/h4-6,10-11,13,18H,7-9,12,14H2,1-3H3/t18-,20-/m0/s1. The largest absolute Gasteiger partial charge is 0.468 e. The predicted molar refractivity (Wildman–Crippen MR) is 97.9 cm³/mol. The maximum Gasteiger partial charge on any atom is 0.315 e. The average Bonchev–Trinajstić information content (AvgIpc) is 2.60. The molecule has 0 heterocycles. The summed E-state index contributed by atoms with van der Waals surface area (Å²) in [7, 11) is -0.562. The predicted octanol–water partition coefficient (Wildman–Crippen LogP) is 3.60. The highest BCUT2D eigenvalue weighted by Gasteiger charge is 2.58. The highest BCUT2D eigenvalue weighted by Crippen LogP contribution is 2.57. The summed E-state index contributed by atoms with van der Waals surface area (Å²) in [6, 6.07) is 10.4. The number of ether oxygens (including phenoxy) is 1. The number of hydrogen-bond donors (Lipinski definition) is 0. The molecule has 128 valence electrons. The number of methoxy groups -OCH3 is 1. The Labute approximate surface area is 145 Å². The van der Waals surface area contributed by atoms with Crippen molar-refractivity contribution in [2.45, 2.75) is 50.7 Å². The molecule has 1 aromatic rings. The number of allylic oxidation sites excluding steroid dienone is 1. The highest BCUT2D eigenvalue weighted by atomic mass is 28.3. The van der Waals surface area contributed by atoms with Crippen molar-refractivity contribution >= 4 is 25.0 Å². The highest BCUT2D eigenvalue weighted by molar-refractivity contribution is 6.91. The first-order valence-electron chi connectivity index (χ1n) is 8.80. The van der Waals surface area contributed by atoms with Crippen LogP contribution in [0.15, 0.2) is 42.0 Å². The van der Waals surface area contributed by atoms with Crippen LogP contribution in [0.5, 0.6) is 0 Å². The minimum atomic E-state index is -2.04. The first-order valence-corrected chi connectivity index (χ1v) is 11.9.